The number of aryl methyl sites for hydroxylation is 1. The van der Waals surface area contributed by atoms with E-state index in [2.05, 4.69) is 20.2 Å². The van der Waals surface area contributed by atoms with E-state index in [1.54, 1.807) is 13.0 Å². The third-order valence-electron chi connectivity index (χ3n) is 2.26. The van der Waals surface area contributed by atoms with Crippen molar-refractivity contribution in [2.75, 3.05) is 0 Å². The van der Waals surface area contributed by atoms with Crippen LogP contribution in [0.4, 0.5) is 0 Å². The lowest BCUT2D eigenvalue weighted by Crippen LogP contribution is -1.92. The molecule has 0 fully saturated rings. The van der Waals surface area contributed by atoms with Crippen molar-refractivity contribution in [1.29, 1.82) is 0 Å². The van der Waals surface area contributed by atoms with Crippen molar-refractivity contribution in [3.8, 4) is 0 Å². The van der Waals surface area contributed by atoms with Crippen molar-refractivity contribution in [1.82, 2.24) is 24.6 Å². The minimum absolute atomic E-state index is 0.429. The predicted molar refractivity (Wildman–Crippen MR) is 68.9 cm³/mol. The van der Waals surface area contributed by atoms with E-state index in [9.17, 15) is 0 Å². The first kappa shape index (κ1) is 11.4. The van der Waals surface area contributed by atoms with Crippen LogP contribution >= 0.6 is 23.4 Å². The van der Waals surface area contributed by atoms with E-state index < -0.39 is 0 Å². The fourth-order valence-corrected chi connectivity index (χ4v) is 2.70. The van der Waals surface area contributed by atoms with E-state index in [0.717, 1.165) is 15.8 Å². The van der Waals surface area contributed by atoms with Crippen LogP contribution in [0.15, 0.2) is 40.6 Å². The monoisotopic (exact) mass is 277 g/mol. The van der Waals surface area contributed by atoms with E-state index in [1.165, 1.54) is 11.8 Å². The molecular formula is C11H8ClN5S. The molecule has 0 aromatic carbocycles. The second-order valence-electron chi connectivity index (χ2n) is 3.59. The summed E-state index contributed by atoms with van der Waals surface area (Å²) in [6.45, 7) is 1.80. The van der Waals surface area contributed by atoms with Crippen molar-refractivity contribution in [2.24, 2.45) is 0 Å². The molecule has 3 aromatic rings. The van der Waals surface area contributed by atoms with Crippen molar-refractivity contribution in [3.05, 3.63) is 41.4 Å². The number of aromatic nitrogens is 5. The Labute approximate surface area is 112 Å². The highest BCUT2D eigenvalue weighted by atomic mass is 35.5. The molecule has 0 unspecified atom stereocenters. The lowest BCUT2D eigenvalue weighted by atomic mass is 10.5. The van der Waals surface area contributed by atoms with Crippen molar-refractivity contribution in [2.45, 2.75) is 17.1 Å². The van der Waals surface area contributed by atoms with Crippen molar-refractivity contribution >= 4 is 29.0 Å². The summed E-state index contributed by atoms with van der Waals surface area (Å²) in [4.78, 5) is 8.33. The van der Waals surface area contributed by atoms with Gasteiger partial charge in [-0.2, -0.15) is 0 Å². The Bertz CT molecular complexity index is 691. The normalized spacial score (nSPS) is 11.0. The zero-order chi connectivity index (χ0) is 12.5. The molecule has 18 heavy (non-hydrogen) atoms. The number of pyridine rings is 1. The number of rotatable bonds is 2. The average molecular weight is 278 g/mol. The molecule has 7 heteroatoms. The lowest BCUT2D eigenvalue weighted by Gasteiger charge is -2.00. The lowest BCUT2D eigenvalue weighted by molar-refractivity contribution is 0.908. The van der Waals surface area contributed by atoms with Crippen LogP contribution in [0.1, 0.15) is 5.82 Å². The molecule has 3 aromatic heterocycles. The van der Waals surface area contributed by atoms with Gasteiger partial charge in [0.2, 0.25) is 5.16 Å². The summed E-state index contributed by atoms with van der Waals surface area (Å²) < 4.78 is 1.90. The number of hydrogen-bond donors (Lipinski definition) is 0. The fraction of sp³-hybridized carbons (Fsp3) is 0.0909. The molecule has 5 nitrogen and oxygen atoms in total. The third kappa shape index (κ3) is 2.16. The number of halogens is 1. The highest BCUT2D eigenvalue weighted by Gasteiger charge is 2.08. The molecule has 0 amide bonds. The van der Waals surface area contributed by atoms with Gasteiger partial charge in [-0.3, -0.25) is 4.40 Å². The average Bonchev–Trinajstić information content (AvgIpc) is 2.72. The maximum absolute atomic E-state index is 5.90. The van der Waals surface area contributed by atoms with Crippen LogP contribution in [-0.2, 0) is 0 Å². The molecule has 3 rings (SSSR count). The molecule has 3 heterocycles. The minimum atomic E-state index is 0.429. The maximum Gasteiger partial charge on any atom is 0.201 e. The Morgan fingerprint density at radius 1 is 1.22 bits per heavy atom. The first-order chi connectivity index (χ1) is 8.72. The summed E-state index contributed by atoms with van der Waals surface area (Å²) in [7, 11) is 0. The molecular weight excluding hydrogens is 270 g/mol. The summed E-state index contributed by atoms with van der Waals surface area (Å²) in [5.41, 5.74) is 0.803. The summed E-state index contributed by atoms with van der Waals surface area (Å²) in [5.74, 6) is 0.638. The minimum Gasteiger partial charge on any atom is -0.277 e. The quantitative estimate of drug-likeness (QED) is 0.674. The maximum atomic E-state index is 5.90. The SMILES string of the molecule is Cc1nc(Cl)cc(Sc2nnc3ccccn23)n1. The van der Waals surface area contributed by atoms with Crippen LogP contribution in [0, 0.1) is 6.92 Å². The van der Waals surface area contributed by atoms with E-state index in [4.69, 9.17) is 11.6 Å². The van der Waals surface area contributed by atoms with Crippen LogP contribution in [0.3, 0.4) is 0 Å². The summed E-state index contributed by atoms with van der Waals surface area (Å²) >= 11 is 7.31. The second-order valence-corrected chi connectivity index (χ2v) is 4.96. The second kappa shape index (κ2) is 4.55. The number of nitrogens with zero attached hydrogens (tertiary/aromatic N) is 5. The Morgan fingerprint density at radius 2 is 2.11 bits per heavy atom. The summed E-state index contributed by atoms with van der Waals surface area (Å²) in [6, 6.07) is 7.46. The molecule has 90 valence electrons. The van der Waals surface area contributed by atoms with Gasteiger partial charge in [-0.15, -0.1) is 10.2 Å². The fourth-order valence-electron chi connectivity index (χ4n) is 1.54. The van der Waals surface area contributed by atoms with E-state index in [1.807, 2.05) is 28.8 Å². The molecule has 0 N–H and O–H groups in total. The first-order valence-electron chi connectivity index (χ1n) is 5.21. The van der Waals surface area contributed by atoms with Gasteiger partial charge in [-0.1, -0.05) is 17.7 Å². The molecule has 0 radical (unpaired) electrons. The van der Waals surface area contributed by atoms with Crippen LogP contribution in [0.5, 0.6) is 0 Å². The van der Waals surface area contributed by atoms with Gasteiger partial charge in [-0.05, 0) is 30.8 Å². The van der Waals surface area contributed by atoms with Gasteiger partial charge < -0.3 is 0 Å². The molecule has 0 saturated heterocycles. The predicted octanol–water partition coefficient (Wildman–Crippen LogP) is 2.63. The molecule has 0 spiro atoms. The van der Waals surface area contributed by atoms with Crippen molar-refractivity contribution in [3.63, 3.8) is 0 Å². The zero-order valence-corrected chi connectivity index (χ0v) is 11.0. The van der Waals surface area contributed by atoms with Crippen LogP contribution in [0.25, 0.3) is 5.65 Å². The van der Waals surface area contributed by atoms with Gasteiger partial charge in [0.1, 0.15) is 16.0 Å². The van der Waals surface area contributed by atoms with Crippen LogP contribution < -0.4 is 0 Å². The van der Waals surface area contributed by atoms with Gasteiger partial charge in [-0.25, -0.2) is 9.97 Å². The zero-order valence-electron chi connectivity index (χ0n) is 9.41. The van der Waals surface area contributed by atoms with Gasteiger partial charge in [0.15, 0.2) is 5.65 Å². The smallest absolute Gasteiger partial charge is 0.201 e. The molecule has 0 atom stereocenters. The molecule has 0 bridgehead atoms. The van der Waals surface area contributed by atoms with Gasteiger partial charge in [0, 0.05) is 12.3 Å². The Kier molecular flexibility index (Phi) is 2.89. The largest absolute Gasteiger partial charge is 0.277 e. The number of fused-ring (bicyclic) bond motifs is 1. The highest BCUT2D eigenvalue weighted by Crippen LogP contribution is 2.26. The highest BCUT2D eigenvalue weighted by molar-refractivity contribution is 7.99. The molecule has 0 aliphatic carbocycles. The molecule has 0 aliphatic heterocycles. The molecule has 0 saturated carbocycles. The molecule has 0 aliphatic rings. The standard InChI is InChI=1S/C11H8ClN5S/c1-7-13-8(12)6-10(14-7)18-11-16-15-9-4-2-3-5-17(9)11/h2-6H,1H3. The van der Waals surface area contributed by atoms with E-state index >= 15 is 0 Å². The van der Waals surface area contributed by atoms with Crippen LogP contribution in [0.2, 0.25) is 5.15 Å². The third-order valence-corrected chi connectivity index (χ3v) is 3.33. The summed E-state index contributed by atoms with van der Waals surface area (Å²) in [6.07, 6.45) is 1.91. The summed E-state index contributed by atoms with van der Waals surface area (Å²) in [5, 5.41) is 10.1. The van der Waals surface area contributed by atoms with E-state index in [-0.39, 0.29) is 0 Å². The number of hydrogen-bond acceptors (Lipinski definition) is 5. The van der Waals surface area contributed by atoms with Gasteiger partial charge in [0.25, 0.3) is 0 Å². The Morgan fingerprint density at radius 3 is 2.94 bits per heavy atom. The van der Waals surface area contributed by atoms with E-state index in [0.29, 0.717) is 11.0 Å². The van der Waals surface area contributed by atoms with Gasteiger partial charge in [0.05, 0.1) is 0 Å². The Hall–Kier alpha value is -1.66. The topological polar surface area (TPSA) is 56.0 Å². The van der Waals surface area contributed by atoms with Crippen molar-refractivity contribution < 1.29 is 0 Å². The van der Waals surface area contributed by atoms with Gasteiger partial charge >= 0.3 is 0 Å². The Balaban J connectivity index is 2.01. The van der Waals surface area contributed by atoms with Crippen LogP contribution in [-0.4, -0.2) is 24.6 Å². The first-order valence-corrected chi connectivity index (χ1v) is 6.40.